The van der Waals surface area contributed by atoms with Crippen LogP contribution in [0.1, 0.15) is 43.3 Å². The van der Waals surface area contributed by atoms with Gasteiger partial charge in [0.2, 0.25) is 0 Å². The van der Waals surface area contributed by atoms with Gasteiger partial charge in [-0.3, -0.25) is 0 Å². The summed E-state index contributed by atoms with van der Waals surface area (Å²) in [4.78, 5) is 7.82. The third-order valence-electron chi connectivity index (χ3n) is 2.84. The number of rotatable bonds is 1. The van der Waals surface area contributed by atoms with E-state index in [0.717, 1.165) is 29.7 Å². The first-order valence-electron chi connectivity index (χ1n) is 5.42. The van der Waals surface area contributed by atoms with Crippen molar-refractivity contribution >= 4 is 12.2 Å². The average molecular weight is 208 g/mol. The summed E-state index contributed by atoms with van der Waals surface area (Å²) in [5.41, 5.74) is 2.65. The van der Waals surface area contributed by atoms with Crippen LogP contribution < -0.4 is 0 Å². The van der Waals surface area contributed by atoms with Crippen LogP contribution in [0.15, 0.2) is 0 Å². The fourth-order valence-corrected chi connectivity index (χ4v) is 2.35. The predicted octanol–water partition coefficient (Wildman–Crippen LogP) is 2.97. The number of H-pyrrole nitrogens is 1. The molecule has 0 atom stereocenters. The number of hydrogen-bond donors (Lipinski definition) is 1. The van der Waals surface area contributed by atoms with Crippen LogP contribution in [-0.2, 0) is 19.3 Å². The highest BCUT2D eigenvalue weighted by Gasteiger charge is 2.11. The van der Waals surface area contributed by atoms with Crippen molar-refractivity contribution in [2.24, 2.45) is 0 Å². The highest BCUT2D eigenvalue weighted by atomic mass is 32.1. The van der Waals surface area contributed by atoms with E-state index in [0.29, 0.717) is 0 Å². The molecule has 0 spiro atoms. The van der Waals surface area contributed by atoms with E-state index < -0.39 is 0 Å². The second-order valence-corrected chi connectivity index (χ2v) is 4.25. The van der Waals surface area contributed by atoms with E-state index in [-0.39, 0.29) is 0 Å². The van der Waals surface area contributed by atoms with Gasteiger partial charge >= 0.3 is 0 Å². The van der Waals surface area contributed by atoms with Crippen LogP contribution in [0.4, 0.5) is 0 Å². The number of hydrogen-bond acceptors (Lipinski definition) is 2. The van der Waals surface area contributed by atoms with Crippen molar-refractivity contribution in [3.8, 4) is 0 Å². The predicted molar refractivity (Wildman–Crippen MR) is 60.1 cm³/mol. The molecular weight excluding hydrogens is 192 g/mol. The molecule has 3 heteroatoms. The molecule has 0 saturated carbocycles. The standard InChI is InChI=1S/C11H16N2S/c1-2-10-12-9-7-5-3-4-6-8(9)11(14)13-10/h2-7H2,1H3,(H,12,13,14). The first-order chi connectivity index (χ1) is 6.81. The zero-order valence-corrected chi connectivity index (χ0v) is 9.41. The molecule has 2 rings (SSSR count). The van der Waals surface area contributed by atoms with Crippen molar-refractivity contribution in [2.45, 2.75) is 45.4 Å². The molecule has 14 heavy (non-hydrogen) atoms. The summed E-state index contributed by atoms with van der Waals surface area (Å²) in [6.07, 6.45) is 7.06. The van der Waals surface area contributed by atoms with E-state index in [9.17, 15) is 0 Å². The summed E-state index contributed by atoms with van der Waals surface area (Å²) in [5, 5.41) is 0. The summed E-state index contributed by atoms with van der Waals surface area (Å²) in [7, 11) is 0. The van der Waals surface area contributed by atoms with E-state index in [1.54, 1.807) is 0 Å². The molecule has 0 unspecified atom stereocenters. The molecule has 2 nitrogen and oxygen atoms in total. The number of aromatic nitrogens is 2. The molecule has 1 aromatic heterocycles. The Morgan fingerprint density at radius 3 is 2.86 bits per heavy atom. The van der Waals surface area contributed by atoms with E-state index in [1.165, 1.54) is 30.5 Å². The minimum Gasteiger partial charge on any atom is -0.347 e. The average Bonchev–Trinajstić information content (AvgIpc) is 2.42. The first kappa shape index (κ1) is 9.84. The minimum absolute atomic E-state index is 0.831. The Bertz CT molecular complexity index is 381. The third kappa shape index (κ3) is 1.87. The summed E-state index contributed by atoms with van der Waals surface area (Å²) in [6, 6.07) is 0. The van der Waals surface area contributed by atoms with Gasteiger partial charge in [-0.25, -0.2) is 4.98 Å². The highest BCUT2D eigenvalue weighted by Crippen LogP contribution is 2.19. The summed E-state index contributed by atoms with van der Waals surface area (Å²) >= 11 is 5.32. The Balaban J connectivity index is 2.48. The van der Waals surface area contributed by atoms with Gasteiger partial charge in [0.15, 0.2) is 0 Å². The van der Waals surface area contributed by atoms with Crippen LogP contribution in [0.3, 0.4) is 0 Å². The van der Waals surface area contributed by atoms with Crippen molar-refractivity contribution in [1.82, 2.24) is 9.97 Å². The quantitative estimate of drug-likeness (QED) is 0.568. The Kier molecular flexibility index (Phi) is 2.96. The normalized spacial score (nSPS) is 16.1. The fourth-order valence-electron chi connectivity index (χ4n) is 2.02. The lowest BCUT2D eigenvalue weighted by molar-refractivity contribution is 0.708. The van der Waals surface area contributed by atoms with Gasteiger partial charge < -0.3 is 4.98 Å². The molecule has 76 valence electrons. The maximum absolute atomic E-state index is 5.32. The fraction of sp³-hybridized carbons (Fsp3) is 0.636. The SMILES string of the molecule is CCc1nc(=S)c2c([nH]1)CCCCC2. The second kappa shape index (κ2) is 4.22. The maximum Gasteiger partial charge on any atom is 0.133 e. The van der Waals surface area contributed by atoms with Crippen molar-refractivity contribution in [3.05, 3.63) is 21.7 Å². The van der Waals surface area contributed by atoms with Gasteiger partial charge in [0, 0.05) is 17.7 Å². The zero-order valence-electron chi connectivity index (χ0n) is 8.60. The van der Waals surface area contributed by atoms with Crippen LogP contribution in [-0.4, -0.2) is 9.97 Å². The molecule has 0 radical (unpaired) electrons. The van der Waals surface area contributed by atoms with Crippen LogP contribution in [0.5, 0.6) is 0 Å². The molecule has 0 bridgehead atoms. The van der Waals surface area contributed by atoms with Crippen LogP contribution >= 0.6 is 12.2 Å². The molecule has 0 aliphatic heterocycles. The topological polar surface area (TPSA) is 28.7 Å². The van der Waals surface area contributed by atoms with Gasteiger partial charge in [0.05, 0.1) is 0 Å². The van der Waals surface area contributed by atoms with Crippen LogP contribution in [0, 0.1) is 4.64 Å². The van der Waals surface area contributed by atoms with Gasteiger partial charge in [-0.05, 0) is 25.7 Å². The highest BCUT2D eigenvalue weighted by molar-refractivity contribution is 7.71. The monoisotopic (exact) mass is 208 g/mol. The summed E-state index contributed by atoms with van der Waals surface area (Å²) < 4.78 is 0.831. The lowest BCUT2D eigenvalue weighted by atomic mass is 10.1. The van der Waals surface area contributed by atoms with Gasteiger partial charge in [-0.15, -0.1) is 0 Å². The number of nitrogens with one attached hydrogen (secondary N) is 1. The van der Waals surface area contributed by atoms with E-state index in [1.807, 2.05) is 0 Å². The Morgan fingerprint density at radius 1 is 1.29 bits per heavy atom. The van der Waals surface area contributed by atoms with Crippen molar-refractivity contribution < 1.29 is 0 Å². The molecule has 1 aromatic rings. The van der Waals surface area contributed by atoms with E-state index in [4.69, 9.17) is 12.2 Å². The minimum atomic E-state index is 0.831. The van der Waals surface area contributed by atoms with E-state index >= 15 is 0 Å². The van der Waals surface area contributed by atoms with Crippen LogP contribution in [0.2, 0.25) is 0 Å². The maximum atomic E-state index is 5.32. The number of aromatic amines is 1. The number of fused-ring (bicyclic) bond motifs is 1. The van der Waals surface area contributed by atoms with Crippen molar-refractivity contribution in [2.75, 3.05) is 0 Å². The molecule has 1 aliphatic carbocycles. The molecule has 1 heterocycles. The third-order valence-corrected chi connectivity index (χ3v) is 3.18. The number of aryl methyl sites for hydroxylation is 2. The first-order valence-corrected chi connectivity index (χ1v) is 5.83. The summed E-state index contributed by atoms with van der Waals surface area (Å²) in [5.74, 6) is 1.04. The Labute approximate surface area is 89.8 Å². The molecule has 0 fully saturated rings. The van der Waals surface area contributed by atoms with Gasteiger partial charge in [0.25, 0.3) is 0 Å². The number of nitrogens with zero attached hydrogens (tertiary/aromatic N) is 1. The van der Waals surface area contributed by atoms with Gasteiger partial charge in [0.1, 0.15) is 10.5 Å². The Hall–Kier alpha value is -0.700. The zero-order chi connectivity index (χ0) is 9.97. The smallest absolute Gasteiger partial charge is 0.133 e. The van der Waals surface area contributed by atoms with Crippen molar-refractivity contribution in [3.63, 3.8) is 0 Å². The second-order valence-electron chi connectivity index (χ2n) is 3.86. The van der Waals surface area contributed by atoms with Crippen molar-refractivity contribution in [1.29, 1.82) is 0 Å². The molecular formula is C11H16N2S. The van der Waals surface area contributed by atoms with E-state index in [2.05, 4.69) is 16.9 Å². The molecule has 0 saturated heterocycles. The largest absolute Gasteiger partial charge is 0.347 e. The lowest BCUT2D eigenvalue weighted by Crippen LogP contribution is -2.03. The van der Waals surface area contributed by atoms with Crippen LogP contribution in [0.25, 0.3) is 0 Å². The molecule has 1 N–H and O–H groups in total. The lowest BCUT2D eigenvalue weighted by Gasteiger charge is -2.07. The molecule has 1 aliphatic rings. The summed E-state index contributed by atoms with van der Waals surface area (Å²) in [6.45, 7) is 2.11. The van der Waals surface area contributed by atoms with Gasteiger partial charge in [-0.2, -0.15) is 0 Å². The van der Waals surface area contributed by atoms with Gasteiger partial charge in [-0.1, -0.05) is 25.6 Å². The molecule has 0 amide bonds. The Morgan fingerprint density at radius 2 is 2.07 bits per heavy atom. The molecule has 0 aromatic carbocycles.